The monoisotopic (exact) mass is 444 g/mol. The van der Waals surface area contributed by atoms with Gasteiger partial charge in [-0.2, -0.15) is 0 Å². The summed E-state index contributed by atoms with van der Waals surface area (Å²) in [5.41, 5.74) is 0. The van der Waals surface area contributed by atoms with Gasteiger partial charge in [-0.15, -0.1) is 69.6 Å². The molecule has 0 saturated heterocycles. The predicted molar refractivity (Wildman–Crippen MR) is 111 cm³/mol. The lowest BCUT2D eigenvalue weighted by Crippen LogP contribution is -2.28. The highest BCUT2D eigenvalue weighted by Crippen LogP contribution is 2.30. The van der Waals surface area contributed by atoms with Crippen molar-refractivity contribution in [1.29, 1.82) is 0 Å². The summed E-state index contributed by atoms with van der Waals surface area (Å²) in [6.45, 7) is 4.21. The van der Waals surface area contributed by atoms with E-state index < -0.39 is 0 Å². The number of alkyl halides is 6. The summed E-state index contributed by atoms with van der Waals surface area (Å²) < 4.78 is 0. The van der Waals surface area contributed by atoms with Crippen LogP contribution in [0.15, 0.2) is 0 Å². The maximum Gasteiger partial charge on any atom is 0.0514 e. The third-order valence-electron chi connectivity index (χ3n) is 4.05. The molecule has 0 spiro atoms. The van der Waals surface area contributed by atoms with Gasteiger partial charge in [0.2, 0.25) is 0 Å². The van der Waals surface area contributed by atoms with Crippen LogP contribution in [-0.4, -0.2) is 32.3 Å². The van der Waals surface area contributed by atoms with E-state index in [1.807, 2.05) is 6.92 Å². The minimum absolute atomic E-state index is 0.0633. The van der Waals surface area contributed by atoms with Gasteiger partial charge in [0.05, 0.1) is 21.5 Å². The molecule has 0 fully saturated rings. The fourth-order valence-corrected chi connectivity index (χ4v) is 4.22. The highest BCUT2D eigenvalue weighted by atomic mass is 35.5. The molecule has 0 N–H and O–H groups in total. The lowest BCUT2D eigenvalue weighted by Gasteiger charge is -2.24. The van der Waals surface area contributed by atoms with Crippen LogP contribution in [0.25, 0.3) is 0 Å². The lowest BCUT2D eigenvalue weighted by atomic mass is 10.0. The summed E-state index contributed by atoms with van der Waals surface area (Å²) in [7, 11) is 0. The van der Waals surface area contributed by atoms with Crippen molar-refractivity contribution < 1.29 is 0 Å². The van der Waals surface area contributed by atoms with Gasteiger partial charge in [0.25, 0.3) is 0 Å². The van der Waals surface area contributed by atoms with Crippen molar-refractivity contribution in [1.82, 2.24) is 0 Å². The Morgan fingerprint density at radius 2 is 0.957 bits per heavy atom. The first kappa shape index (κ1) is 24.7. The van der Waals surface area contributed by atoms with Crippen molar-refractivity contribution >= 4 is 69.6 Å². The predicted octanol–water partition coefficient (Wildman–Crippen LogP) is 8.18. The van der Waals surface area contributed by atoms with Gasteiger partial charge in [0.15, 0.2) is 0 Å². The van der Waals surface area contributed by atoms with Crippen molar-refractivity contribution in [3.8, 4) is 0 Å². The zero-order valence-corrected chi connectivity index (χ0v) is 18.6. The second-order valence-electron chi connectivity index (χ2n) is 6.18. The zero-order valence-electron chi connectivity index (χ0n) is 14.1. The number of rotatable bonds is 14. The highest BCUT2D eigenvalue weighted by molar-refractivity contribution is 6.33. The van der Waals surface area contributed by atoms with E-state index in [9.17, 15) is 0 Å². The molecule has 0 rings (SSSR count). The van der Waals surface area contributed by atoms with Gasteiger partial charge in [0.1, 0.15) is 0 Å². The molecule has 0 aliphatic rings. The van der Waals surface area contributed by atoms with Crippen LogP contribution in [0.4, 0.5) is 0 Å². The molecule has 0 bridgehead atoms. The highest BCUT2D eigenvalue weighted by Gasteiger charge is 2.28. The largest absolute Gasteiger partial charge is 0.121 e. The molecule has 0 aromatic heterocycles. The van der Waals surface area contributed by atoms with E-state index in [4.69, 9.17) is 69.6 Å². The van der Waals surface area contributed by atoms with Gasteiger partial charge in [-0.25, -0.2) is 0 Å². The van der Waals surface area contributed by atoms with Crippen LogP contribution in [0.5, 0.6) is 0 Å². The average molecular weight is 447 g/mol. The second-order valence-corrected chi connectivity index (χ2v) is 9.54. The summed E-state index contributed by atoms with van der Waals surface area (Å²) >= 11 is 37.9. The molecule has 0 heterocycles. The Balaban J connectivity index is 4.03. The van der Waals surface area contributed by atoms with Crippen molar-refractivity contribution in [3.05, 3.63) is 0 Å². The Morgan fingerprint density at radius 1 is 0.522 bits per heavy atom. The third kappa shape index (κ3) is 11.9. The van der Waals surface area contributed by atoms with E-state index in [0.29, 0.717) is 12.8 Å². The number of hydrogen-bond acceptors (Lipinski definition) is 0. The van der Waals surface area contributed by atoms with Crippen molar-refractivity contribution in [2.45, 2.75) is 104 Å². The summed E-state index contributed by atoms with van der Waals surface area (Å²) in [6.07, 6.45) is 9.02. The maximum absolute atomic E-state index is 6.40. The first-order valence-corrected chi connectivity index (χ1v) is 11.3. The fraction of sp³-hybridized carbons (Fsp3) is 1.00. The maximum atomic E-state index is 6.40. The Bertz CT molecular complexity index is 276. The molecule has 0 aromatic carbocycles. The fourth-order valence-electron chi connectivity index (χ4n) is 2.40. The first-order chi connectivity index (χ1) is 10.8. The quantitative estimate of drug-likeness (QED) is 0.186. The number of hydrogen-bond donors (Lipinski definition) is 0. The molecule has 140 valence electrons. The Labute approximate surface area is 172 Å². The van der Waals surface area contributed by atoms with Gasteiger partial charge in [-0.1, -0.05) is 46.0 Å². The minimum atomic E-state index is -0.248. The van der Waals surface area contributed by atoms with Crippen LogP contribution in [-0.2, 0) is 0 Å². The number of halogens is 6. The molecule has 6 heteroatoms. The van der Waals surface area contributed by atoms with Crippen LogP contribution in [0.3, 0.4) is 0 Å². The molecule has 0 radical (unpaired) electrons. The standard InChI is InChI=1S/C17H30Cl6/c1-3-5-6-7-8-9-13(19)15(21)11-17(23)16(22)10-14(20)12(18)4-2/h12-17H,3-11H2,1-2H3. The molecule has 0 amide bonds. The SMILES string of the molecule is CCCCCCCC(Cl)C(Cl)CC(Cl)C(Cl)CC(Cl)C(Cl)CC. The smallest absolute Gasteiger partial charge is 0.0514 e. The molecule has 0 aromatic rings. The van der Waals surface area contributed by atoms with Gasteiger partial charge in [-0.05, 0) is 25.7 Å². The van der Waals surface area contributed by atoms with Crippen molar-refractivity contribution in [2.24, 2.45) is 0 Å². The molecular formula is C17H30Cl6. The van der Waals surface area contributed by atoms with Crippen LogP contribution in [0, 0.1) is 0 Å². The minimum Gasteiger partial charge on any atom is -0.121 e. The molecule has 0 saturated carbocycles. The normalized spacial score (nSPS) is 19.8. The van der Waals surface area contributed by atoms with Crippen LogP contribution < -0.4 is 0 Å². The van der Waals surface area contributed by atoms with Crippen LogP contribution in [0.2, 0.25) is 0 Å². The third-order valence-corrected chi connectivity index (χ3v) is 7.50. The molecule has 23 heavy (non-hydrogen) atoms. The summed E-state index contributed by atoms with van der Waals surface area (Å²) in [6, 6.07) is 0. The second kappa shape index (κ2) is 14.9. The molecular weight excluding hydrogens is 417 g/mol. The van der Waals surface area contributed by atoms with E-state index in [1.165, 1.54) is 25.7 Å². The van der Waals surface area contributed by atoms with E-state index in [0.717, 1.165) is 19.3 Å². The van der Waals surface area contributed by atoms with Gasteiger partial charge in [-0.3, -0.25) is 0 Å². The summed E-state index contributed by atoms with van der Waals surface area (Å²) in [5, 5.41) is -0.990. The summed E-state index contributed by atoms with van der Waals surface area (Å²) in [4.78, 5) is 0. The lowest BCUT2D eigenvalue weighted by molar-refractivity contribution is 0.552. The van der Waals surface area contributed by atoms with E-state index in [1.54, 1.807) is 0 Å². The Kier molecular flexibility index (Phi) is 16.0. The van der Waals surface area contributed by atoms with Gasteiger partial charge < -0.3 is 0 Å². The Morgan fingerprint density at radius 3 is 1.43 bits per heavy atom. The summed E-state index contributed by atoms with van der Waals surface area (Å²) in [5.74, 6) is 0. The van der Waals surface area contributed by atoms with Gasteiger partial charge in [0, 0.05) is 10.8 Å². The van der Waals surface area contributed by atoms with E-state index >= 15 is 0 Å². The van der Waals surface area contributed by atoms with E-state index in [2.05, 4.69) is 6.92 Å². The molecule has 6 unspecified atom stereocenters. The topological polar surface area (TPSA) is 0 Å². The molecule has 0 nitrogen and oxygen atoms in total. The van der Waals surface area contributed by atoms with Crippen LogP contribution in [0.1, 0.15) is 71.6 Å². The first-order valence-electron chi connectivity index (χ1n) is 8.67. The zero-order chi connectivity index (χ0) is 17.8. The number of unbranched alkanes of at least 4 members (excludes halogenated alkanes) is 4. The molecule has 0 aliphatic heterocycles. The van der Waals surface area contributed by atoms with Crippen LogP contribution >= 0.6 is 69.6 Å². The average Bonchev–Trinajstić information content (AvgIpc) is 2.53. The molecule has 0 aliphatic carbocycles. The van der Waals surface area contributed by atoms with E-state index in [-0.39, 0.29) is 32.3 Å². The molecule has 6 atom stereocenters. The van der Waals surface area contributed by atoms with Crippen molar-refractivity contribution in [2.75, 3.05) is 0 Å². The Hall–Kier alpha value is 1.74. The van der Waals surface area contributed by atoms with Crippen molar-refractivity contribution in [3.63, 3.8) is 0 Å². The van der Waals surface area contributed by atoms with Gasteiger partial charge >= 0.3 is 0 Å².